The van der Waals surface area contributed by atoms with E-state index in [1.165, 1.54) is 0 Å². The number of hydrogen-bond donors (Lipinski definition) is 2. The quantitative estimate of drug-likeness (QED) is 0.468. The SMILES string of the molecule is N[C@H]1CCN(c2nc(NCc3ccc(-c4ccccn4)cc3)n3ncc(Br)c3n2)C1. The first-order valence-electron chi connectivity index (χ1n) is 9.83. The Bertz CT molecular complexity index is 1160. The van der Waals surface area contributed by atoms with Gasteiger partial charge in [0, 0.05) is 37.4 Å². The molecule has 1 aliphatic rings. The molecule has 0 bridgehead atoms. The number of rotatable bonds is 5. The second kappa shape index (κ2) is 8.00. The van der Waals surface area contributed by atoms with E-state index in [2.05, 4.69) is 65.5 Å². The highest BCUT2D eigenvalue weighted by atomic mass is 79.9. The van der Waals surface area contributed by atoms with Crippen molar-refractivity contribution >= 4 is 33.5 Å². The molecule has 3 N–H and O–H groups in total. The number of nitrogens with zero attached hydrogens (tertiary/aromatic N) is 6. The summed E-state index contributed by atoms with van der Waals surface area (Å²) >= 11 is 3.53. The van der Waals surface area contributed by atoms with Crippen LogP contribution in [0.4, 0.5) is 11.9 Å². The van der Waals surface area contributed by atoms with E-state index in [1.807, 2.05) is 18.2 Å². The fourth-order valence-electron chi connectivity index (χ4n) is 3.57. The van der Waals surface area contributed by atoms with Crippen LogP contribution in [0.2, 0.25) is 0 Å². The summed E-state index contributed by atoms with van der Waals surface area (Å²) in [5, 5.41) is 7.80. The van der Waals surface area contributed by atoms with Gasteiger partial charge in [-0.1, -0.05) is 30.3 Å². The van der Waals surface area contributed by atoms with Crippen LogP contribution in [-0.4, -0.2) is 43.7 Å². The number of nitrogens with two attached hydrogens (primary N) is 1. The number of halogens is 1. The fraction of sp³-hybridized carbons (Fsp3) is 0.238. The highest BCUT2D eigenvalue weighted by Crippen LogP contribution is 2.24. The van der Waals surface area contributed by atoms with Crippen LogP contribution >= 0.6 is 15.9 Å². The average molecular weight is 465 g/mol. The molecule has 4 heterocycles. The molecule has 9 heteroatoms. The maximum absolute atomic E-state index is 6.07. The van der Waals surface area contributed by atoms with Crippen molar-refractivity contribution in [2.45, 2.75) is 19.0 Å². The van der Waals surface area contributed by atoms with Crippen molar-refractivity contribution in [3.8, 4) is 11.3 Å². The monoisotopic (exact) mass is 464 g/mol. The Kier molecular flexibility index (Phi) is 5.06. The molecule has 1 aromatic carbocycles. The molecule has 1 saturated heterocycles. The van der Waals surface area contributed by atoms with Crippen molar-refractivity contribution < 1.29 is 0 Å². The molecule has 0 aliphatic carbocycles. The Hall–Kier alpha value is -3.04. The lowest BCUT2D eigenvalue weighted by Gasteiger charge is -2.17. The van der Waals surface area contributed by atoms with Crippen molar-refractivity contribution in [1.29, 1.82) is 0 Å². The van der Waals surface area contributed by atoms with Gasteiger partial charge in [-0.2, -0.15) is 19.6 Å². The van der Waals surface area contributed by atoms with Gasteiger partial charge in [0.15, 0.2) is 5.65 Å². The molecule has 0 spiro atoms. The van der Waals surface area contributed by atoms with E-state index in [0.717, 1.165) is 46.5 Å². The molecule has 1 atom stereocenters. The summed E-state index contributed by atoms with van der Waals surface area (Å²) in [7, 11) is 0. The molecular formula is C21H21BrN8. The highest BCUT2D eigenvalue weighted by molar-refractivity contribution is 9.10. The summed E-state index contributed by atoms with van der Waals surface area (Å²) in [6.45, 7) is 2.24. The summed E-state index contributed by atoms with van der Waals surface area (Å²) in [5.74, 6) is 1.32. The van der Waals surface area contributed by atoms with E-state index >= 15 is 0 Å². The summed E-state index contributed by atoms with van der Waals surface area (Å²) in [5.41, 5.74) is 9.99. The first-order valence-corrected chi connectivity index (χ1v) is 10.6. The minimum absolute atomic E-state index is 0.159. The van der Waals surface area contributed by atoms with Gasteiger partial charge in [0.2, 0.25) is 11.9 Å². The molecule has 3 aromatic heterocycles. The summed E-state index contributed by atoms with van der Waals surface area (Å²) in [6, 6.07) is 14.4. The van der Waals surface area contributed by atoms with Crippen LogP contribution in [-0.2, 0) is 6.54 Å². The molecule has 8 nitrogen and oxygen atoms in total. The zero-order chi connectivity index (χ0) is 20.5. The van der Waals surface area contributed by atoms with Gasteiger partial charge < -0.3 is 16.0 Å². The Balaban J connectivity index is 1.38. The summed E-state index contributed by atoms with van der Waals surface area (Å²) in [4.78, 5) is 15.9. The maximum atomic E-state index is 6.07. The van der Waals surface area contributed by atoms with Gasteiger partial charge in [0.1, 0.15) is 0 Å². The number of hydrogen-bond acceptors (Lipinski definition) is 7. The van der Waals surface area contributed by atoms with Crippen LogP contribution in [0.15, 0.2) is 59.3 Å². The summed E-state index contributed by atoms with van der Waals surface area (Å²) in [6.07, 6.45) is 4.48. The molecule has 5 rings (SSSR count). The molecular weight excluding hydrogens is 444 g/mol. The third kappa shape index (κ3) is 3.73. The van der Waals surface area contributed by atoms with Crippen molar-refractivity contribution in [3.05, 3.63) is 64.9 Å². The van der Waals surface area contributed by atoms with E-state index in [-0.39, 0.29) is 6.04 Å². The molecule has 0 saturated carbocycles. The van der Waals surface area contributed by atoms with Crippen LogP contribution in [0.3, 0.4) is 0 Å². The van der Waals surface area contributed by atoms with Crippen molar-refractivity contribution in [2.24, 2.45) is 5.73 Å². The van der Waals surface area contributed by atoms with E-state index in [4.69, 9.17) is 10.7 Å². The number of benzene rings is 1. The van der Waals surface area contributed by atoms with Gasteiger partial charge in [-0.05, 0) is 40.0 Å². The third-order valence-electron chi connectivity index (χ3n) is 5.19. The molecule has 30 heavy (non-hydrogen) atoms. The van der Waals surface area contributed by atoms with Crippen LogP contribution in [0, 0.1) is 0 Å². The predicted octanol–water partition coefficient (Wildman–Crippen LogP) is 3.10. The van der Waals surface area contributed by atoms with Crippen LogP contribution in [0.1, 0.15) is 12.0 Å². The van der Waals surface area contributed by atoms with Gasteiger partial charge in [0.05, 0.1) is 16.4 Å². The van der Waals surface area contributed by atoms with Crippen LogP contribution in [0.5, 0.6) is 0 Å². The second-order valence-corrected chi connectivity index (χ2v) is 8.19. The topological polar surface area (TPSA) is 97.3 Å². The fourth-order valence-corrected chi connectivity index (χ4v) is 3.92. The third-order valence-corrected chi connectivity index (χ3v) is 5.75. The summed E-state index contributed by atoms with van der Waals surface area (Å²) < 4.78 is 2.55. The van der Waals surface area contributed by atoms with Gasteiger partial charge in [-0.15, -0.1) is 0 Å². The van der Waals surface area contributed by atoms with Crippen LogP contribution < -0.4 is 16.0 Å². The molecule has 1 fully saturated rings. The Morgan fingerprint density at radius 2 is 2.00 bits per heavy atom. The average Bonchev–Trinajstić information content (AvgIpc) is 3.39. The number of anilines is 2. The van der Waals surface area contributed by atoms with Crippen molar-refractivity contribution in [1.82, 2.24) is 24.6 Å². The molecule has 0 unspecified atom stereocenters. The largest absolute Gasteiger partial charge is 0.350 e. The standard InChI is InChI=1S/C21H21BrN8/c22-17-12-26-30-19(17)27-21(29-10-8-16(23)13-29)28-20(30)25-11-14-4-6-15(7-5-14)18-3-1-2-9-24-18/h1-7,9,12,16H,8,10-11,13,23H2,(H,25,27,28)/t16-/m0/s1. The molecule has 1 aliphatic heterocycles. The van der Waals surface area contributed by atoms with Crippen molar-refractivity contribution in [2.75, 3.05) is 23.3 Å². The number of pyridine rings is 1. The van der Waals surface area contributed by atoms with E-state index in [0.29, 0.717) is 18.4 Å². The van der Waals surface area contributed by atoms with Crippen molar-refractivity contribution in [3.63, 3.8) is 0 Å². The van der Waals surface area contributed by atoms with Crippen LogP contribution in [0.25, 0.3) is 16.9 Å². The molecule has 0 radical (unpaired) electrons. The molecule has 0 amide bonds. The lowest BCUT2D eigenvalue weighted by Crippen LogP contribution is -2.28. The molecule has 152 valence electrons. The lowest BCUT2D eigenvalue weighted by molar-refractivity contribution is 0.749. The first kappa shape index (κ1) is 19.0. The maximum Gasteiger partial charge on any atom is 0.230 e. The zero-order valence-corrected chi connectivity index (χ0v) is 17.8. The van der Waals surface area contributed by atoms with Gasteiger partial charge in [-0.3, -0.25) is 4.98 Å². The van der Waals surface area contributed by atoms with E-state index < -0.39 is 0 Å². The van der Waals surface area contributed by atoms with Gasteiger partial charge in [-0.25, -0.2) is 0 Å². The lowest BCUT2D eigenvalue weighted by atomic mass is 10.1. The first-order chi connectivity index (χ1) is 14.7. The Morgan fingerprint density at radius 1 is 1.13 bits per heavy atom. The van der Waals surface area contributed by atoms with Gasteiger partial charge in [0.25, 0.3) is 0 Å². The zero-order valence-electron chi connectivity index (χ0n) is 16.2. The minimum Gasteiger partial charge on any atom is -0.350 e. The predicted molar refractivity (Wildman–Crippen MR) is 120 cm³/mol. The van der Waals surface area contributed by atoms with E-state index in [1.54, 1.807) is 16.9 Å². The van der Waals surface area contributed by atoms with Gasteiger partial charge >= 0.3 is 0 Å². The number of aromatic nitrogens is 5. The smallest absolute Gasteiger partial charge is 0.230 e. The Morgan fingerprint density at radius 3 is 2.73 bits per heavy atom. The Labute approximate surface area is 182 Å². The number of fused-ring (bicyclic) bond motifs is 1. The van der Waals surface area contributed by atoms with E-state index in [9.17, 15) is 0 Å². The normalized spacial score (nSPS) is 16.3. The number of nitrogens with one attached hydrogen (secondary N) is 1. The molecule has 4 aromatic rings. The minimum atomic E-state index is 0.159. The highest BCUT2D eigenvalue weighted by Gasteiger charge is 2.23. The second-order valence-electron chi connectivity index (χ2n) is 7.34.